The Hall–Kier alpha value is -3.72. The largest absolute Gasteiger partial charge is 0.388 e. The predicted octanol–water partition coefficient (Wildman–Crippen LogP) is 5.27. The third-order valence-electron chi connectivity index (χ3n) is 5.27. The highest BCUT2D eigenvalue weighted by Gasteiger charge is 2.24. The first kappa shape index (κ1) is 22.5. The number of nitrogens with one attached hydrogen (secondary N) is 2. The van der Waals surface area contributed by atoms with Gasteiger partial charge in [-0.15, -0.1) is 0 Å². The molecule has 170 valence electrons. The van der Waals surface area contributed by atoms with E-state index in [0.717, 1.165) is 0 Å². The zero-order valence-corrected chi connectivity index (χ0v) is 18.3. The number of rotatable bonds is 6. The van der Waals surface area contributed by atoms with Crippen molar-refractivity contribution in [2.45, 2.75) is 33.3 Å². The van der Waals surface area contributed by atoms with Gasteiger partial charge in [-0.05, 0) is 36.2 Å². The Labute approximate surface area is 188 Å². The molecule has 3 N–H and O–H groups in total. The molecule has 0 aromatic carbocycles. The van der Waals surface area contributed by atoms with Crippen LogP contribution in [0.1, 0.15) is 44.6 Å². The molecule has 0 saturated carbocycles. The molecule has 4 rings (SSSR count). The Bertz CT molecular complexity index is 1320. The predicted molar refractivity (Wildman–Crippen MR) is 122 cm³/mol. The number of hydrogen-bond donors (Lipinski definition) is 3. The molecular weight excluding hydrogens is 428 g/mol. The van der Waals surface area contributed by atoms with Gasteiger partial charge in [-0.1, -0.05) is 19.9 Å². The highest BCUT2D eigenvalue weighted by atomic mass is 19.3. The fourth-order valence-electron chi connectivity index (χ4n) is 3.72. The van der Waals surface area contributed by atoms with E-state index in [9.17, 15) is 18.7 Å². The number of fused-ring (bicyclic) bond motifs is 1. The molecule has 0 radical (unpaired) electrons. The van der Waals surface area contributed by atoms with Crippen molar-refractivity contribution in [2.75, 3.05) is 5.32 Å². The molecular formula is C24H23F2N5O2. The van der Waals surface area contributed by atoms with Gasteiger partial charge in [0.25, 0.3) is 6.43 Å². The lowest BCUT2D eigenvalue weighted by Gasteiger charge is -2.15. The van der Waals surface area contributed by atoms with Gasteiger partial charge in [-0.25, -0.2) is 18.7 Å². The van der Waals surface area contributed by atoms with Crippen LogP contribution in [-0.4, -0.2) is 30.9 Å². The number of hydrogen-bond acceptors (Lipinski definition) is 5. The minimum atomic E-state index is -2.72. The third-order valence-corrected chi connectivity index (χ3v) is 5.27. The van der Waals surface area contributed by atoms with Crippen LogP contribution in [0.15, 0.2) is 48.8 Å². The van der Waals surface area contributed by atoms with Gasteiger partial charge in [0.15, 0.2) is 0 Å². The maximum Gasteiger partial charge on any atom is 0.280 e. The second-order valence-corrected chi connectivity index (χ2v) is 8.05. The Morgan fingerprint density at radius 2 is 1.88 bits per heavy atom. The van der Waals surface area contributed by atoms with Crippen LogP contribution in [0.25, 0.3) is 33.5 Å². The van der Waals surface area contributed by atoms with Crippen molar-refractivity contribution in [3.05, 3.63) is 60.0 Å². The summed E-state index contributed by atoms with van der Waals surface area (Å²) in [6.45, 7) is 5.18. The van der Waals surface area contributed by atoms with Crippen molar-refractivity contribution >= 4 is 22.8 Å². The number of halogens is 2. The quantitative estimate of drug-likeness (QED) is 0.370. The van der Waals surface area contributed by atoms with Crippen LogP contribution in [0.4, 0.5) is 14.6 Å². The van der Waals surface area contributed by atoms with E-state index in [1.54, 1.807) is 30.5 Å². The van der Waals surface area contributed by atoms with Crippen LogP contribution in [-0.2, 0) is 4.79 Å². The number of pyridine rings is 3. The molecule has 9 heteroatoms. The highest BCUT2D eigenvalue weighted by molar-refractivity contribution is 6.02. The first-order valence-electron chi connectivity index (χ1n) is 10.4. The van der Waals surface area contributed by atoms with E-state index in [1.807, 2.05) is 13.8 Å². The van der Waals surface area contributed by atoms with E-state index in [-0.39, 0.29) is 17.5 Å². The van der Waals surface area contributed by atoms with Crippen LogP contribution < -0.4 is 5.32 Å². The Kier molecular flexibility index (Phi) is 6.15. The normalized spacial score (nSPS) is 12.5. The summed E-state index contributed by atoms with van der Waals surface area (Å²) in [6, 6.07) is 9.57. The maximum absolute atomic E-state index is 13.4. The van der Waals surface area contributed by atoms with Crippen molar-refractivity contribution in [1.29, 1.82) is 0 Å². The summed E-state index contributed by atoms with van der Waals surface area (Å²) >= 11 is 0. The zero-order valence-electron chi connectivity index (χ0n) is 18.3. The van der Waals surface area contributed by atoms with Gasteiger partial charge in [0.2, 0.25) is 5.91 Å². The number of aliphatic hydroxyl groups excluding tert-OH is 1. The molecule has 1 atom stereocenters. The number of H-pyrrole nitrogens is 1. The molecule has 0 aliphatic rings. The number of aromatic nitrogens is 4. The minimum Gasteiger partial charge on any atom is -0.388 e. The number of nitrogens with zero attached hydrogens (tertiary/aromatic N) is 3. The van der Waals surface area contributed by atoms with Gasteiger partial charge in [0.1, 0.15) is 11.5 Å². The number of anilines is 1. The first-order valence-corrected chi connectivity index (χ1v) is 10.4. The average Bonchev–Trinajstić information content (AvgIpc) is 3.18. The minimum absolute atomic E-state index is 0.0571. The number of carbonyl (C=O) groups excluding carboxylic acids is 1. The summed E-state index contributed by atoms with van der Waals surface area (Å²) in [5.41, 5.74) is 3.43. The number of alkyl halides is 2. The molecule has 0 saturated heterocycles. The van der Waals surface area contributed by atoms with Gasteiger partial charge in [0, 0.05) is 30.4 Å². The monoisotopic (exact) mass is 451 g/mol. The fourth-order valence-corrected chi connectivity index (χ4v) is 3.72. The molecule has 7 nitrogen and oxygen atoms in total. The zero-order chi connectivity index (χ0) is 23.7. The smallest absolute Gasteiger partial charge is 0.280 e. The van der Waals surface area contributed by atoms with Crippen LogP contribution in [0.3, 0.4) is 0 Å². The van der Waals surface area contributed by atoms with Crippen LogP contribution in [0, 0.1) is 5.92 Å². The number of aromatic amines is 1. The number of amides is 1. The van der Waals surface area contributed by atoms with E-state index in [4.69, 9.17) is 0 Å². The van der Waals surface area contributed by atoms with Crippen LogP contribution in [0.5, 0.6) is 0 Å². The van der Waals surface area contributed by atoms with E-state index in [2.05, 4.69) is 25.3 Å². The Morgan fingerprint density at radius 1 is 1.12 bits per heavy atom. The second kappa shape index (κ2) is 9.03. The highest BCUT2D eigenvalue weighted by Crippen LogP contribution is 2.40. The van der Waals surface area contributed by atoms with Gasteiger partial charge in [0.05, 0.1) is 34.1 Å². The second-order valence-electron chi connectivity index (χ2n) is 8.05. The molecule has 1 unspecified atom stereocenters. The molecule has 0 bridgehead atoms. The molecule has 4 aromatic rings. The molecule has 4 aromatic heterocycles. The van der Waals surface area contributed by atoms with Crippen molar-refractivity contribution < 1.29 is 18.7 Å². The van der Waals surface area contributed by atoms with Crippen molar-refractivity contribution in [2.24, 2.45) is 5.92 Å². The van der Waals surface area contributed by atoms with Gasteiger partial charge < -0.3 is 15.4 Å². The average molecular weight is 451 g/mol. The molecule has 1 amide bonds. The van der Waals surface area contributed by atoms with Crippen molar-refractivity contribution in [1.82, 2.24) is 19.9 Å². The van der Waals surface area contributed by atoms with Gasteiger partial charge >= 0.3 is 0 Å². The first-order chi connectivity index (χ1) is 15.8. The third kappa shape index (κ3) is 4.45. The standard InChI is InChI=1S/C24H23F2N5O2/c1-12(2)23(33)15-8-10-28-22-19(16-5-4-6-17(30-16)24(25)26)20(31-21(15)22)14-7-9-27-18(11-14)29-13(3)32/h4-12,23-24,31,33H,1-3H3,(H,27,29,32). The van der Waals surface area contributed by atoms with E-state index >= 15 is 0 Å². The van der Waals surface area contributed by atoms with Gasteiger partial charge in [-0.3, -0.25) is 9.78 Å². The van der Waals surface area contributed by atoms with Crippen LogP contribution >= 0.6 is 0 Å². The number of aliphatic hydroxyl groups is 1. The van der Waals surface area contributed by atoms with E-state index in [0.29, 0.717) is 44.9 Å². The lowest BCUT2D eigenvalue weighted by molar-refractivity contribution is -0.114. The fraction of sp³-hybridized carbons (Fsp3) is 0.250. The van der Waals surface area contributed by atoms with E-state index in [1.165, 1.54) is 25.3 Å². The molecule has 0 aliphatic heterocycles. The van der Waals surface area contributed by atoms with Gasteiger partial charge in [-0.2, -0.15) is 0 Å². The summed E-state index contributed by atoms with van der Waals surface area (Å²) in [6.07, 6.45) is -0.368. The summed E-state index contributed by atoms with van der Waals surface area (Å²) in [5.74, 6) is 0.0134. The Morgan fingerprint density at radius 3 is 2.58 bits per heavy atom. The lowest BCUT2D eigenvalue weighted by atomic mass is 9.98. The molecule has 4 heterocycles. The molecule has 0 spiro atoms. The molecule has 33 heavy (non-hydrogen) atoms. The number of carbonyl (C=O) groups is 1. The summed E-state index contributed by atoms with van der Waals surface area (Å²) < 4.78 is 26.8. The SMILES string of the molecule is CC(=O)Nc1cc(-c2[nH]c3c(C(O)C(C)C)ccnc3c2-c2cccc(C(F)F)n2)ccn1. The summed E-state index contributed by atoms with van der Waals surface area (Å²) in [4.78, 5) is 27.6. The van der Waals surface area contributed by atoms with Crippen LogP contribution in [0.2, 0.25) is 0 Å². The summed E-state index contributed by atoms with van der Waals surface area (Å²) in [7, 11) is 0. The van der Waals surface area contributed by atoms with Crippen molar-refractivity contribution in [3.63, 3.8) is 0 Å². The topological polar surface area (TPSA) is 104 Å². The lowest BCUT2D eigenvalue weighted by Crippen LogP contribution is -2.07. The summed E-state index contributed by atoms with van der Waals surface area (Å²) in [5, 5.41) is 13.4. The molecule has 0 fully saturated rings. The van der Waals surface area contributed by atoms with Crippen molar-refractivity contribution in [3.8, 4) is 22.5 Å². The maximum atomic E-state index is 13.4. The molecule has 0 aliphatic carbocycles. The van der Waals surface area contributed by atoms with E-state index < -0.39 is 12.5 Å². The Balaban J connectivity index is 2.01.